The molecule has 29 heavy (non-hydrogen) atoms. The lowest BCUT2D eigenvalue weighted by Crippen LogP contribution is -2.45. The summed E-state index contributed by atoms with van der Waals surface area (Å²) in [5, 5.41) is 5.47. The summed E-state index contributed by atoms with van der Waals surface area (Å²) in [6, 6.07) is 14.9. The van der Waals surface area contributed by atoms with Crippen molar-refractivity contribution in [2.45, 2.75) is 26.3 Å². The molecule has 1 saturated heterocycles. The molecule has 1 aliphatic heterocycles. The van der Waals surface area contributed by atoms with E-state index in [4.69, 9.17) is 0 Å². The minimum atomic E-state index is 0.0201. The average Bonchev–Trinajstić information content (AvgIpc) is 3.06. The first-order valence-electron chi connectivity index (χ1n) is 10.8. The van der Waals surface area contributed by atoms with Gasteiger partial charge in [0.25, 0.3) is 5.91 Å². The Kier molecular flexibility index (Phi) is 5.88. The molecule has 0 spiro atoms. The molecule has 0 atom stereocenters. The largest absolute Gasteiger partial charge is 0.352 e. The number of hydrogen-bond donors (Lipinski definition) is 1. The number of amides is 1. The van der Waals surface area contributed by atoms with Crippen molar-refractivity contribution in [3.05, 3.63) is 48.0 Å². The van der Waals surface area contributed by atoms with Gasteiger partial charge in [0.2, 0.25) is 0 Å². The van der Waals surface area contributed by atoms with Crippen molar-refractivity contribution in [2.75, 3.05) is 46.3 Å². The SMILES string of the molecule is CC(C)n1c2ccccc2c2cc(C(=O)NCCCN3CCN(C)CC3)ccc21. The van der Waals surface area contributed by atoms with E-state index < -0.39 is 0 Å². The van der Waals surface area contributed by atoms with E-state index >= 15 is 0 Å². The van der Waals surface area contributed by atoms with Gasteiger partial charge in [0.05, 0.1) is 0 Å². The van der Waals surface area contributed by atoms with E-state index in [9.17, 15) is 4.79 Å². The number of nitrogens with zero attached hydrogens (tertiary/aromatic N) is 3. The van der Waals surface area contributed by atoms with Crippen LogP contribution in [0.4, 0.5) is 0 Å². The number of nitrogens with one attached hydrogen (secondary N) is 1. The van der Waals surface area contributed by atoms with E-state index in [1.807, 2.05) is 12.1 Å². The van der Waals surface area contributed by atoms with E-state index in [1.165, 1.54) is 16.4 Å². The Morgan fingerprint density at radius 2 is 1.72 bits per heavy atom. The fourth-order valence-corrected chi connectivity index (χ4v) is 4.38. The molecule has 1 aliphatic rings. The topological polar surface area (TPSA) is 40.5 Å². The molecule has 0 saturated carbocycles. The lowest BCUT2D eigenvalue weighted by molar-refractivity contribution is 0.0949. The molecule has 2 aromatic carbocycles. The predicted octanol–water partition coefficient (Wildman–Crippen LogP) is 3.74. The minimum Gasteiger partial charge on any atom is -0.352 e. The molecule has 0 radical (unpaired) electrons. The maximum absolute atomic E-state index is 12.7. The zero-order valence-electron chi connectivity index (χ0n) is 17.8. The van der Waals surface area contributed by atoms with Crippen molar-refractivity contribution < 1.29 is 4.79 Å². The molecule has 2 heterocycles. The highest BCUT2D eigenvalue weighted by atomic mass is 16.1. The Balaban J connectivity index is 1.44. The van der Waals surface area contributed by atoms with Gasteiger partial charge in [-0.3, -0.25) is 4.79 Å². The Morgan fingerprint density at radius 3 is 2.48 bits per heavy atom. The van der Waals surface area contributed by atoms with E-state index in [0.29, 0.717) is 6.04 Å². The van der Waals surface area contributed by atoms with Crippen LogP contribution in [-0.4, -0.2) is 66.6 Å². The summed E-state index contributed by atoms with van der Waals surface area (Å²) in [5.74, 6) is 0.0201. The molecule has 4 rings (SSSR count). The Bertz CT molecular complexity index is 999. The van der Waals surface area contributed by atoms with Gasteiger partial charge in [-0.1, -0.05) is 18.2 Å². The normalized spacial score (nSPS) is 16.1. The molecule has 1 N–H and O–H groups in total. The van der Waals surface area contributed by atoms with E-state index in [1.54, 1.807) is 0 Å². The maximum Gasteiger partial charge on any atom is 0.251 e. The molecule has 1 fully saturated rings. The number of para-hydroxylation sites is 1. The van der Waals surface area contributed by atoms with E-state index in [2.05, 4.69) is 70.9 Å². The Morgan fingerprint density at radius 1 is 1.00 bits per heavy atom. The molecule has 154 valence electrons. The third-order valence-electron chi connectivity index (χ3n) is 6.02. The van der Waals surface area contributed by atoms with Gasteiger partial charge in [0.15, 0.2) is 0 Å². The van der Waals surface area contributed by atoms with Crippen LogP contribution in [0.5, 0.6) is 0 Å². The Hall–Kier alpha value is -2.37. The number of rotatable bonds is 6. The first-order valence-corrected chi connectivity index (χ1v) is 10.8. The molecule has 5 nitrogen and oxygen atoms in total. The highest BCUT2D eigenvalue weighted by Gasteiger charge is 2.15. The Labute approximate surface area is 173 Å². The van der Waals surface area contributed by atoms with Gasteiger partial charge in [0.1, 0.15) is 0 Å². The van der Waals surface area contributed by atoms with Crippen LogP contribution >= 0.6 is 0 Å². The third kappa shape index (κ3) is 4.16. The number of carbonyl (C=O) groups excluding carboxylic acids is 1. The number of piperazine rings is 1. The van der Waals surface area contributed by atoms with Crippen molar-refractivity contribution in [3.8, 4) is 0 Å². The molecule has 0 aliphatic carbocycles. The van der Waals surface area contributed by atoms with Crippen LogP contribution in [0.1, 0.15) is 36.7 Å². The molecule has 0 unspecified atom stereocenters. The lowest BCUT2D eigenvalue weighted by Gasteiger charge is -2.32. The monoisotopic (exact) mass is 392 g/mol. The molecular weight excluding hydrogens is 360 g/mol. The summed E-state index contributed by atoms with van der Waals surface area (Å²) in [5.41, 5.74) is 3.15. The van der Waals surface area contributed by atoms with Gasteiger partial charge in [0, 0.05) is 66.1 Å². The van der Waals surface area contributed by atoms with Crippen molar-refractivity contribution in [2.24, 2.45) is 0 Å². The number of aromatic nitrogens is 1. The van der Waals surface area contributed by atoms with Crippen LogP contribution in [0.25, 0.3) is 21.8 Å². The van der Waals surface area contributed by atoms with E-state index in [0.717, 1.165) is 56.6 Å². The smallest absolute Gasteiger partial charge is 0.251 e. The van der Waals surface area contributed by atoms with Crippen LogP contribution in [0, 0.1) is 0 Å². The van der Waals surface area contributed by atoms with Crippen molar-refractivity contribution in [1.29, 1.82) is 0 Å². The fourth-order valence-electron chi connectivity index (χ4n) is 4.38. The van der Waals surface area contributed by atoms with E-state index in [-0.39, 0.29) is 5.91 Å². The standard InChI is InChI=1S/C24H32N4O/c1-18(2)28-22-8-5-4-7-20(22)21-17-19(9-10-23(21)28)24(29)25-11-6-12-27-15-13-26(3)14-16-27/h4-5,7-10,17-18H,6,11-16H2,1-3H3,(H,25,29). The second-order valence-electron chi connectivity index (χ2n) is 8.47. The highest BCUT2D eigenvalue weighted by molar-refractivity contribution is 6.10. The summed E-state index contributed by atoms with van der Waals surface area (Å²) in [4.78, 5) is 17.6. The van der Waals surface area contributed by atoms with Crippen LogP contribution in [0.2, 0.25) is 0 Å². The van der Waals surface area contributed by atoms with Crippen molar-refractivity contribution in [1.82, 2.24) is 19.7 Å². The second kappa shape index (κ2) is 8.56. The zero-order chi connectivity index (χ0) is 20.4. The number of likely N-dealkylation sites (N-methyl/N-ethyl adjacent to an activating group) is 1. The van der Waals surface area contributed by atoms with Gasteiger partial charge < -0.3 is 19.7 Å². The third-order valence-corrected chi connectivity index (χ3v) is 6.02. The molecule has 1 aromatic heterocycles. The summed E-state index contributed by atoms with van der Waals surface area (Å²) in [7, 11) is 2.17. The summed E-state index contributed by atoms with van der Waals surface area (Å²) in [6.45, 7) is 10.7. The second-order valence-corrected chi connectivity index (χ2v) is 8.47. The number of fused-ring (bicyclic) bond motifs is 3. The molecule has 0 bridgehead atoms. The van der Waals surface area contributed by atoms with Crippen LogP contribution in [-0.2, 0) is 0 Å². The molecule has 1 amide bonds. The molecule has 3 aromatic rings. The summed E-state index contributed by atoms with van der Waals surface area (Å²) in [6.07, 6.45) is 0.990. The predicted molar refractivity (Wildman–Crippen MR) is 121 cm³/mol. The summed E-state index contributed by atoms with van der Waals surface area (Å²) >= 11 is 0. The lowest BCUT2D eigenvalue weighted by atomic mass is 10.1. The highest BCUT2D eigenvalue weighted by Crippen LogP contribution is 2.32. The van der Waals surface area contributed by atoms with Crippen molar-refractivity contribution >= 4 is 27.7 Å². The number of carbonyl (C=O) groups is 1. The van der Waals surface area contributed by atoms with Gasteiger partial charge in [-0.2, -0.15) is 0 Å². The number of hydrogen-bond acceptors (Lipinski definition) is 3. The number of benzene rings is 2. The van der Waals surface area contributed by atoms with Gasteiger partial charge >= 0.3 is 0 Å². The van der Waals surface area contributed by atoms with Crippen LogP contribution < -0.4 is 5.32 Å². The molecular formula is C24H32N4O. The maximum atomic E-state index is 12.7. The minimum absolute atomic E-state index is 0.0201. The quantitative estimate of drug-likeness (QED) is 0.650. The first-order chi connectivity index (χ1) is 14.0. The fraction of sp³-hybridized carbons (Fsp3) is 0.458. The average molecular weight is 393 g/mol. The zero-order valence-corrected chi connectivity index (χ0v) is 17.8. The van der Waals surface area contributed by atoms with Crippen LogP contribution in [0.3, 0.4) is 0 Å². The first kappa shape index (κ1) is 19.9. The van der Waals surface area contributed by atoms with Gasteiger partial charge in [-0.15, -0.1) is 0 Å². The molecule has 5 heteroatoms. The summed E-state index contributed by atoms with van der Waals surface area (Å²) < 4.78 is 2.35. The van der Waals surface area contributed by atoms with Gasteiger partial charge in [-0.25, -0.2) is 0 Å². The van der Waals surface area contributed by atoms with Gasteiger partial charge in [-0.05, 0) is 58.1 Å². The van der Waals surface area contributed by atoms with Crippen molar-refractivity contribution in [3.63, 3.8) is 0 Å². The van der Waals surface area contributed by atoms with Crippen LogP contribution in [0.15, 0.2) is 42.5 Å².